The van der Waals surface area contributed by atoms with Gasteiger partial charge < -0.3 is 9.64 Å². The first-order valence-corrected chi connectivity index (χ1v) is 4.60. The van der Waals surface area contributed by atoms with E-state index in [1.54, 1.807) is 7.11 Å². The molecule has 3 nitrogen and oxygen atoms in total. The summed E-state index contributed by atoms with van der Waals surface area (Å²) < 4.78 is 5.29. The van der Waals surface area contributed by atoms with Gasteiger partial charge in [0.2, 0.25) is 5.88 Å². The number of hydrogen-bond donors (Lipinski definition) is 0. The van der Waals surface area contributed by atoms with E-state index in [0.717, 1.165) is 18.2 Å². The molecular formula is C11H14N2O. The summed E-state index contributed by atoms with van der Waals surface area (Å²) in [5.41, 5.74) is 1.16. The van der Waals surface area contributed by atoms with Crippen LogP contribution in [0.5, 0.6) is 0 Å². The number of hydrogen-bond acceptors (Lipinski definition) is 3. The smallest absolute Gasteiger partial charge is 0.211 e. The summed E-state index contributed by atoms with van der Waals surface area (Å²) in [6.45, 7) is 0.840. The lowest BCUT2D eigenvalue weighted by Crippen LogP contribution is -2.24. The van der Waals surface area contributed by atoms with Crippen molar-refractivity contribution in [1.29, 1.82) is 0 Å². The minimum atomic E-state index is 0.840. The molecule has 1 aliphatic heterocycles. The van der Waals surface area contributed by atoms with Gasteiger partial charge in [-0.1, -0.05) is 18.2 Å². The van der Waals surface area contributed by atoms with Crippen LogP contribution in [0.3, 0.4) is 0 Å². The van der Waals surface area contributed by atoms with Gasteiger partial charge in [-0.2, -0.15) is 0 Å². The van der Waals surface area contributed by atoms with E-state index in [1.165, 1.54) is 0 Å². The summed E-state index contributed by atoms with van der Waals surface area (Å²) in [6.07, 6.45) is 1.99. The molecule has 2 rings (SSSR count). The average molecular weight is 190 g/mol. The van der Waals surface area contributed by atoms with Gasteiger partial charge in [-0.15, -0.1) is 0 Å². The molecule has 0 N–H and O–H groups in total. The van der Waals surface area contributed by atoms with Crippen molar-refractivity contribution in [3.8, 4) is 0 Å². The molecule has 74 valence electrons. The second-order valence-electron chi connectivity index (χ2n) is 3.33. The van der Waals surface area contributed by atoms with Gasteiger partial charge in [0.05, 0.1) is 20.0 Å². The van der Waals surface area contributed by atoms with Crippen LogP contribution in [-0.4, -0.2) is 25.7 Å². The van der Waals surface area contributed by atoms with E-state index in [-0.39, 0.29) is 0 Å². The first kappa shape index (κ1) is 8.94. The molecule has 0 saturated heterocycles. The predicted molar refractivity (Wildman–Crippen MR) is 56.6 cm³/mol. The molecule has 1 aromatic carbocycles. The Balaban J connectivity index is 2.25. The number of ether oxygens (including phenoxy) is 1. The zero-order valence-corrected chi connectivity index (χ0v) is 8.47. The summed E-state index contributed by atoms with van der Waals surface area (Å²) in [5, 5.41) is 0. The summed E-state index contributed by atoms with van der Waals surface area (Å²) in [7, 11) is 3.73. The van der Waals surface area contributed by atoms with Crippen molar-refractivity contribution in [3.05, 3.63) is 42.4 Å². The molecule has 1 heterocycles. The summed E-state index contributed by atoms with van der Waals surface area (Å²) in [5.74, 6) is 0.888. The molecule has 0 unspecified atom stereocenters. The van der Waals surface area contributed by atoms with Gasteiger partial charge in [0.1, 0.15) is 0 Å². The highest BCUT2D eigenvalue weighted by Crippen LogP contribution is 2.23. The molecule has 0 saturated carbocycles. The lowest BCUT2D eigenvalue weighted by Gasteiger charge is -2.21. The largest absolute Gasteiger partial charge is 0.481 e. The molecule has 1 aromatic rings. The van der Waals surface area contributed by atoms with Crippen molar-refractivity contribution < 1.29 is 4.74 Å². The lowest BCUT2D eigenvalue weighted by molar-refractivity contribution is 0.285. The lowest BCUT2D eigenvalue weighted by atomic mass is 10.3. The van der Waals surface area contributed by atoms with Crippen LogP contribution in [0.2, 0.25) is 0 Å². The Morgan fingerprint density at radius 2 is 1.93 bits per heavy atom. The Bertz CT molecular complexity index is 334. The van der Waals surface area contributed by atoms with E-state index in [9.17, 15) is 0 Å². The van der Waals surface area contributed by atoms with Crippen LogP contribution in [-0.2, 0) is 4.74 Å². The third kappa shape index (κ3) is 1.53. The fraction of sp³-hybridized carbons (Fsp3) is 0.273. The minimum absolute atomic E-state index is 0.840. The van der Waals surface area contributed by atoms with Gasteiger partial charge in [0.15, 0.2) is 0 Å². The summed E-state index contributed by atoms with van der Waals surface area (Å²) >= 11 is 0. The van der Waals surface area contributed by atoms with Crippen molar-refractivity contribution in [2.75, 3.05) is 25.7 Å². The molecular weight excluding hydrogens is 176 g/mol. The van der Waals surface area contributed by atoms with E-state index < -0.39 is 0 Å². The van der Waals surface area contributed by atoms with Crippen molar-refractivity contribution >= 4 is 5.69 Å². The highest BCUT2D eigenvalue weighted by atomic mass is 16.5. The maximum Gasteiger partial charge on any atom is 0.211 e. The first-order valence-electron chi connectivity index (χ1n) is 4.60. The third-order valence-corrected chi connectivity index (χ3v) is 2.24. The first-order chi connectivity index (χ1) is 6.81. The second kappa shape index (κ2) is 3.62. The van der Waals surface area contributed by atoms with E-state index >= 15 is 0 Å². The number of benzene rings is 1. The quantitative estimate of drug-likeness (QED) is 0.707. The zero-order chi connectivity index (χ0) is 9.97. The normalized spacial score (nSPS) is 15.7. The van der Waals surface area contributed by atoms with Crippen LogP contribution in [0.25, 0.3) is 0 Å². The number of anilines is 1. The van der Waals surface area contributed by atoms with E-state index in [0.29, 0.717) is 0 Å². The van der Waals surface area contributed by atoms with E-state index in [4.69, 9.17) is 4.74 Å². The van der Waals surface area contributed by atoms with E-state index in [1.807, 2.05) is 31.4 Å². The average Bonchev–Trinajstić information content (AvgIpc) is 2.61. The van der Waals surface area contributed by atoms with Crippen molar-refractivity contribution in [2.24, 2.45) is 0 Å². The highest BCUT2D eigenvalue weighted by Gasteiger charge is 2.19. The van der Waals surface area contributed by atoms with Gasteiger partial charge in [-0.25, -0.2) is 0 Å². The number of nitrogens with zero attached hydrogens (tertiary/aromatic N) is 2. The number of rotatable bonds is 2. The fourth-order valence-electron chi connectivity index (χ4n) is 1.57. The molecule has 0 bridgehead atoms. The Morgan fingerprint density at radius 1 is 1.21 bits per heavy atom. The van der Waals surface area contributed by atoms with E-state index in [2.05, 4.69) is 21.9 Å². The standard InChI is InChI=1S/C11H14N2O/c1-12-8-11(14-2)13(9-12)10-6-4-3-5-7-10/h3-8H,9H2,1-2H3. The summed E-state index contributed by atoms with van der Waals surface area (Å²) in [4.78, 5) is 4.21. The molecule has 14 heavy (non-hydrogen) atoms. The minimum Gasteiger partial charge on any atom is -0.481 e. The molecule has 0 spiro atoms. The molecule has 0 aliphatic carbocycles. The van der Waals surface area contributed by atoms with Crippen LogP contribution in [0.4, 0.5) is 5.69 Å². The van der Waals surface area contributed by atoms with Gasteiger partial charge in [-0.3, -0.25) is 4.90 Å². The number of methoxy groups -OCH3 is 1. The zero-order valence-electron chi connectivity index (χ0n) is 8.47. The molecule has 3 heteroatoms. The monoisotopic (exact) mass is 190 g/mol. The maximum absolute atomic E-state index is 5.29. The third-order valence-electron chi connectivity index (χ3n) is 2.24. The molecule has 0 amide bonds. The van der Waals surface area contributed by atoms with Gasteiger partial charge in [0, 0.05) is 12.7 Å². The van der Waals surface area contributed by atoms with Crippen LogP contribution in [0, 0.1) is 0 Å². The van der Waals surface area contributed by atoms with Crippen LogP contribution >= 0.6 is 0 Å². The Hall–Kier alpha value is -1.64. The van der Waals surface area contributed by atoms with Crippen molar-refractivity contribution in [1.82, 2.24) is 4.90 Å². The SMILES string of the molecule is COC1=CN(C)CN1c1ccccc1. The molecule has 0 radical (unpaired) electrons. The van der Waals surface area contributed by atoms with Gasteiger partial charge in [0.25, 0.3) is 0 Å². The van der Waals surface area contributed by atoms with Crippen LogP contribution in [0.15, 0.2) is 42.4 Å². The van der Waals surface area contributed by atoms with Gasteiger partial charge in [-0.05, 0) is 12.1 Å². The Labute approximate surface area is 84.2 Å². The van der Waals surface area contributed by atoms with Crippen molar-refractivity contribution in [3.63, 3.8) is 0 Å². The molecule has 1 aliphatic rings. The van der Waals surface area contributed by atoms with Crippen LogP contribution in [0.1, 0.15) is 0 Å². The maximum atomic E-state index is 5.29. The second-order valence-corrected chi connectivity index (χ2v) is 3.33. The number of para-hydroxylation sites is 1. The topological polar surface area (TPSA) is 15.7 Å². The fourth-order valence-corrected chi connectivity index (χ4v) is 1.57. The van der Waals surface area contributed by atoms with Crippen molar-refractivity contribution in [2.45, 2.75) is 0 Å². The molecule has 0 aromatic heterocycles. The molecule has 0 fully saturated rings. The Morgan fingerprint density at radius 3 is 2.57 bits per heavy atom. The predicted octanol–water partition coefficient (Wildman–Crippen LogP) is 1.84. The van der Waals surface area contributed by atoms with Crippen LogP contribution < -0.4 is 4.90 Å². The molecule has 0 atom stereocenters. The van der Waals surface area contributed by atoms with Gasteiger partial charge >= 0.3 is 0 Å². The Kier molecular flexibility index (Phi) is 2.31. The summed E-state index contributed by atoms with van der Waals surface area (Å²) in [6, 6.07) is 10.2. The highest BCUT2D eigenvalue weighted by molar-refractivity contribution is 5.51.